The molecule has 19 heavy (non-hydrogen) atoms. The number of rotatable bonds is 3. The van der Waals surface area contributed by atoms with Crippen molar-refractivity contribution in [3.8, 4) is 0 Å². The van der Waals surface area contributed by atoms with Crippen LogP contribution in [0.2, 0.25) is 5.15 Å². The monoisotopic (exact) mass is 280 g/mol. The van der Waals surface area contributed by atoms with Crippen LogP contribution in [0.25, 0.3) is 0 Å². The molecule has 6 heteroatoms. The van der Waals surface area contributed by atoms with Crippen molar-refractivity contribution in [3.05, 3.63) is 40.8 Å². The summed E-state index contributed by atoms with van der Waals surface area (Å²) in [4.78, 5) is 15.7. The average Bonchev–Trinajstić information content (AvgIpc) is 2.99. The van der Waals surface area contributed by atoms with E-state index in [9.17, 15) is 9.90 Å². The van der Waals surface area contributed by atoms with Crippen molar-refractivity contribution in [2.24, 2.45) is 0 Å². The molecule has 0 bridgehead atoms. The van der Waals surface area contributed by atoms with E-state index >= 15 is 0 Å². The minimum atomic E-state index is -0.837. The summed E-state index contributed by atoms with van der Waals surface area (Å²) in [5.41, 5.74) is 0.821. The van der Waals surface area contributed by atoms with Gasteiger partial charge in [-0.05, 0) is 31.4 Å². The Morgan fingerprint density at radius 1 is 1.63 bits per heavy atom. The summed E-state index contributed by atoms with van der Waals surface area (Å²) < 4.78 is 7.05. The van der Waals surface area contributed by atoms with Crippen LogP contribution in [0.5, 0.6) is 0 Å². The van der Waals surface area contributed by atoms with Crippen molar-refractivity contribution in [2.45, 2.75) is 31.7 Å². The molecule has 0 fully saturated rings. The van der Waals surface area contributed by atoms with E-state index in [2.05, 4.69) is 4.98 Å². The van der Waals surface area contributed by atoms with Gasteiger partial charge in [0.1, 0.15) is 17.6 Å². The van der Waals surface area contributed by atoms with Crippen molar-refractivity contribution in [1.29, 1.82) is 0 Å². The molecule has 2 aromatic rings. The molecule has 0 saturated heterocycles. The number of carboxylic acid groups (broad SMARTS) is 1. The highest BCUT2D eigenvalue weighted by atomic mass is 35.5. The van der Waals surface area contributed by atoms with Crippen molar-refractivity contribution in [3.63, 3.8) is 0 Å². The van der Waals surface area contributed by atoms with E-state index in [-0.39, 0.29) is 0 Å². The van der Waals surface area contributed by atoms with E-state index in [1.807, 2.05) is 6.07 Å². The number of carbonyl (C=O) groups is 1. The van der Waals surface area contributed by atoms with Gasteiger partial charge in [-0.1, -0.05) is 11.6 Å². The van der Waals surface area contributed by atoms with Gasteiger partial charge in [0.05, 0.1) is 18.4 Å². The zero-order chi connectivity index (χ0) is 13.4. The van der Waals surface area contributed by atoms with E-state index in [4.69, 9.17) is 16.0 Å². The number of carboxylic acids is 1. The van der Waals surface area contributed by atoms with Crippen LogP contribution in [0.3, 0.4) is 0 Å². The first-order valence-corrected chi connectivity index (χ1v) is 6.55. The van der Waals surface area contributed by atoms with Crippen LogP contribution in [-0.4, -0.2) is 20.6 Å². The van der Waals surface area contributed by atoms with Crippen molar-refractivity contribution in [1.82, 2.24) is 9.55 Å². The first-order valence-electron chi connectivity index (χ1n) is 6.17. The predicted octanol–water partition coefficient (Wildman–Crippen LogP) is 2.68. The van der Waals surface area contributed by atoms with E-state index in [0.717, 1.165) is 24.3 Å². The molecule has 1 atom stereocenters. The van der Waals surface area contributed by atoms with Gasteiger partial charge in [-0.25, -0.2) is 9.78 Å². The van der Waals surface area contributed by atoms with Gasteiger partial charge in [0.15, 0.2) is 5.15 Å². The van der Waals surface area contributed by atoms with E-state index in [1.54, 1.807) is 16.9 Å². The summed E-state index contributed by atoms with van der Waals surface area (Å²) in [5, 5.41) is 9.74. The number of aliphatic carboxylic acids is 1. The zero-order valence-corrected chi connectivity index (χ0v) is 10.9. The van der Waals surface area contributed by atoms with Crippen LogP contribution in [0.4, 0.5) is 0 Å². The minimum absolute atomic E-state index is 0.410. The highest BCUT2D eigenvalue weighted by Crippen LogP contribution is 2.32. The van der Waals surface area contributed by atoms with Gasteiger partial charge in [-0.3, -0.25) is 0 Å². The highest BCUT2D eigenvalue weighted by molar-refractivity contribution is 6.30. The van der Waals surface area contributed by atoms with Crippen molar-refractivity contribution >= 4 is 17.6 Å². The van der Waals surface area contributed by atoms with Crippen LogP contribution < -0.4 is 0 Å². The number of halogens is 1. The first-order chi connectivity index (χ1) is 9.16. The molecule has 3 heterocycles. The maximum atomic E-state index is 11.4. The summed E-state index contributed by atoms with van der Waals surface area (Å²) in [5.74, 6) is 0.567. The predicted molar refractivity (Wildman–Crippen MR) is 68.4 cm³/mol. The topological polar surface area (TPSA) is 68.3 Å². The molecular weight excluding hydrogens is 268 g/mol. The Morgan fingerprint density at radius 2 is 2.47 bits per heavy atom. The molecule has 3 rings (SSSR count). The van der Waals surface area contributed by atoms with Gasteiger partial charge in [0.25, 0.3) is 0 Å². The summed E-state index contributed by atoms with van der Waals surface area (Å²) in [6, 6.07) is 3.06. The van der Waals surface area contributed by atoms with E-state index in [1.165, 1.54) is 0 Å². The smallest absolute Gasteiger partial charge is 0.326 e. The molecular formula is C13H13ClN2O3. The highest BCUT2D eigenvalue weighted by Gasteiger charge is 2.30. The molecule has 0 amide bonds. The second-order valence-electron chi connectivity index (χ2n) is 4.64. The molecule has 2 aromatic heterocycles. The Labute approximate surface area is 114 Å². The average molecular weight is 281 g/mol. The van der Waals surface area contributed by atoms with Crippen molar-refractivity contribution < 1.29 is 14.3 Å². The van der Waals surface area contributed by atoms with Crippen LogP contribution in [-0.2, 0) is 17.6 Å². The van der Waals surface area contributed by atoms with Crippen LogP contribution >= 0.6 is 11.6 Å². The molecule has 0 radical (unpaired) electrons. The zero-order valence-electron chi connectivity index (χ0n) is 10.2. The lowest BCUT2D eigenvalue weighted by Gasteiger charge is -2.23. The minimum Gasteiger partial charge on any atom is -0.480 e. The summed E-state index contributed by atoms with van der Waals surface area (Å²) in [7, 11) is 0. The maximum Gasteiger partial charge on any atom is 0.326 e. The number of imidazole rings is 1. The molecule has 0 aliphatic carbocycles. The van der Waals surface area contributed by atoms with Gasteiger partial charge in [0, 0.05) is 0 Å². The maximum absolute atomic E-state index is 11.4. The second-order valence-corrected chi connectivity index (χ2v) is 5.00. The molecule has 1 aliphatic rings. The summed E-state index contributed by atoms with van der Waals surface area (Å²) in [6.07, 6.45) is 4.25. The molecule has 100 valence electrons. The lowest BCUT2D eigenvalue weighted by Crippen LogP contribution is -2.26. The quantitative estimate of drug-likeness (QED) is 0.938. The second kappa shape index (κ2) is 4.74. The van der Waals surface area contributed by atoms with Crippen molar-refractivity contribution in [2.75, 3.05) is 0 Å². The third kappa shape index (κ3) is 2.14. The fourth-order valence-electron chi connectivity index (χ4n) is 2.60. The molecule has 1 N–H and O–H groups in total. The molecule has 0 spiro atoms. The number of aromatic nitrogens is 2. The lowest BCUT2D eigenvalue weighted by molar-refractivity contribution is -0.141. The summed E-state index contributed by atoms with van der Waals surface area (Å²) in [6.45, 7) is 0. The number of hydrogen-bond donors (Lipinski definition) is 1. The SMILES string of the molecule is O=C(O)C1CCCc2c(Cl)nc(Cc3ccco3)n21. The number of hydrogen-bond acceptors (Lipinski definition) is 3. The van der Waals surface area contributed by atoms with Crippen LogP contribution in [0, 0.1) is 0 Å². The fraction of sp³-hybridized carbons (Fsp3) is 0.385. The first kappa shape index (κ1) is 12.3. The van der Waals surface area contributed by atoms with E-state index in [0.29, 0.717) is 23.8 Å². The standard InChI is InChI=1S/C13H13ClN2O3/c14-12-9-4-1-5-10(13(17)18)16(9)11(15-12)7-8-3-2-6-19-8/h2-3,6,10H,1,4-5,7H2,(H,17,18). The Kier molecular flexibility index (Phi) is 3.06. The van der Waals surface area contributed by atoms with Gasteiger partial charge < -0.3 is 14.1 Å². The molecule has 5 nitrogen and oxygen atoms in total. The third-order valence-electron chi connectivity index (χ3n) is 3.43. The molecule has 0 saturated carbocycles. The van der Waals surface area contributed by atoms with Gasteiger partial charge in [-0.2, -0.15) is 0 Å². The largest absolute Gasteiger partial charge is 0.480 e. The number of fused-ring (bicyclic) bond motifs is 1. The van der Waals surface area contributed by atoms with Gasteiger partial charge in [0.2, 0.25) is 0 Å². The Bertz CT molecular complexity index is 604. The third-order valence-corrected chi connectivity index (χ3v) is 3.74. The number of nitrogens with zero attached hydrogens (tertiary/aromatic N) is 2. The Hall–Kier alpha value is -1.75. The fourth-order valence-corrected chi connectivity index (χ4v) is 2.88. The lowest BCUT2D eigenvalue weighted by atomic mass is 10.0. The molecule has 1 unspecified atom stereocenters. The normalized spacial score (nSPS) is 18.3. The Balaban J connectivity index is 2.03. The van der Waals surface area contributed by atoms with Gasteiger partial charge in [-0.15, -0.1) is 0 Å². The summed E-state index contributed by atoms with van der Waals surface area (Å²) >= 11 is 6.12. The number of furan rings is 1. The van der Waals surface area contributed by atoms with Gasteiger partial charge >= 0.3 is 5.97 Å². The molecule has 0 aromatic carbocycles. The van der Waals surface area contributed by atoms with Crippen LogP contribution in [0.15, 0.2) is 22.8 Å². The van der Waals surface area contributed by atoms with E-state index < -0.39 is 12.0 Å². The molecule has 1 aliphatic heterocycles. The van der Waals surface area contributed by atoms with Crippen LogP contribution in [0.1, 0.15) is 36.2 Å². The Morgan fingerprint density at radius 3 is 3.16 bits per heavy atom.